The minimum Gasteiger partial charge on any atom is -0.467 e. The van der Waals surface area contributed by atoms with Gasteiger partial charge in [-0.2, -0.15) is 0 Å². The summed E-state index contributed by atoms with van der Waals surface area (Å²) in [5.41, 5.74) is 2.44. The highest BCUT2D eigenvalue weighted by molar-refractivity contribution is 5.71. The van der Waals surface area contributed by atoms with E-state index in [2.05, 4.69) is 15.0 Å². The molecule has 4 aromatic rings. The molecule has 3 aromatic heterocycles. The molecule has 0 spiro atoms. The highest BCUT2D eigenvalue weighted by Crippen LogP contribution is 2.22. The molecule has 6 heteroatoms. The van der Waals surface area contributed by atoms with E-state index in [0.29, 0.717) is 24.5 Å². The molecule has 1 N–H and O–H groups in total. The summed E-state index contributed by atoms with van der Waals surface area (Å²) < 4.78 is 5.33. The first-order valence-corrected chi connectivity index (χ1v) is 8.38. The molecule has 1 atom stereocenters. The van der Waals surface area contributed by atoms with Crippen LogP contribution in [0.5, 0.6) is 0 Å². The second-order valence-corrected chi connectivity index (χ2v) is 5.97. The van der Waals surface area contributed by atoms with Gasteiger partial charge in [0.05, 0.1) is 12.8 Å². The van der Waals surface area contributed by atoms with Crippen molar-refractivity contribution in [3.05, 3.63) is 84.6 Å². The van der Waals surface area contributed by atoms with Crippen LogP contribution >= 0.6 is 0 Å². The Bertz CT molecular complexity index is 973. The molecule has 130 valence electrons. The minimum absolute atomic E-state index is 0.348. The standard InChI is InChI=1S/C20H18N4O2/c25-17(18-7-4-12-26-18)14-24(13-15-5-2-1-3-6-15)19-9-8-16-20(23-19)22-11-10-21-16/h1-12,17,25H,13-14H2/t17-/m0/s1. The van der Waals surface area contributed by atoms with Gasteiger partial charge in [-0.15, -0.1) is 0 Å². The molecule has 0 saturated heterocycles. The number of hydrogen-bond acceptors (Lipinski definition) is 6. The number of hydrogen-bond donors (Lipinski definition) is 1. The molecule has 3 heterocycles. The quantitative estimate of drug-likeness (QED) is 0.577. The fourth-order valence-electron chi connectivity index (χ4n) is 2.84. The number of anilines is 1. The zero-order valence-electron chi connectivity index (χ0n) is 14.1. The molecule has 0 bridgehead atoms. The van der Waals surface area contributed by atoms with Crippen molar-refractivity contribution in [2.24, 2.45) is 0 Å². The summed E-state index contributed by atoms with van der Waals surface area (Å²) in [6.07, 6.45) is 4.07. The van der Waals surface area contributed by atoms with Gasteiger partial charge < -0.3 is 14.4 Å². The van der Waals surface area contributed by atoms with E-state index >= 15 is 0 Å². The van der Waals surface area contributed by atoms with Gasteiger partial charge in [0.15, 0.2) is 5.65 Å². The van der Waals surface area contributed by atoms with Crippen LogP contribution < -0.4 is 4.90 Å². The highest BCUT2D eigenvalue weighted by Gasteiger charge is 2.18. The molecule has 6 nitrogen and oxygen atoms in total. The number of furan rings is 1. The fourth-order valence-corrected chi connectivity index (χ4v) is 2.84. The second-order valence-electron chi connectivity index (χ2n) is 5.97. The van der Waals surface area contributed by atoms with Crippen molar-refractivity contribution in [1.82, 2.24) is 15.0 Å². The van der Waals surface area contributed by atoms with E-state index in [1.165, 1.54) is 0 Å². The summed E-state index contributed by atoms with van der Waals surface area (Å²) >= 11 is 0. The summed E-state index contributed by atoms with van der Waals surface area (Å²) in [5.74, 6) is 1.26. The lowest BCUT2D eigenvalue weighted by molar-refractivity contribution is 0.154. The molecule has 0 fully saturated rings. The molecule has 0 aliphatic heterocycles. The van der Waals surface area contributed by atoms with Crippen LogP contribution in [0.25, 0.3) is 11.2 Å². The largest absolute Gasteiger partial charge is 0.467 e. The van der Waals surface area contributed by atoms with Crippen LogP contribution in [-0.2, 0) is 6.54 Å². The number of benzene rings is 1. The lowest BCUT2D eigenvalue weighted by Crippen LogP contribution is -2.29. The predicted octanol–water partition coefficient (Wildman–Crippen LogP) is 3.36. The van der Waals surface area contributed by atoms with Crippen LogP contribution in [0.2, 0.25) is 0 Å². The number of aliphatic hydroxyl groups excluding tert-OH is 1. The Balaban J connectivity index is 1.66. The van der Waals surface area contributed by atoms with E-state index in [1.807, 2.05) is 47.4 Å². The van der Waals surface area contributed by atoms with Gasteiger partial charge in [-0.3, -0.25) is 4.98 Å². The van der Waals surface area contributed by atoms with Gasteiger partial charge in [-0.1, -0.05) is 30.3 Å². The van der Waals surface area contributed by atoms with Crippen LogP contribution in [0.1, 0.15) is 17.4 Å². The van der Waals surface area contributed by atoms with Crippen molar-refractivity contribution in [2.45, 2.75) is 12.6 Å². The molecule has 4 rings (SSSR count). The summed E-state index contributed by atoms with van der Waals surface area (Å²) in [4.78, 5) is 15.2. The normalized spacial score (nSPS) is 12.2. The van der Waals surface area contributed by atoms with E-state index in [9.17, 15) is 5.11 Å². The van der Waals surface area contributed by atoms with E-state index < -0.39 is 6.10 Å². The molecule has 0 amide bonds. The zero-order valence-corrected chi connectivity index (χ0v) is 14.1. The van der Waals surface area contributed by atoms with Gasteiger partial charge in [0.25, 0.3) is 0 Å². The third-order valence-corrected chi connectivity index (χ3v) is 4.12. The number of rotatable bonds is 6. The summed E-state index contributed by atoms with van der Waals surface area (Å²) in [5, 5.41) is 10.5. The van der Waals surface area contributed by atoms with Crippen LogP contribution in [0, 0.1) is 0 Å². The first kappa shape index (κ1) is 16.2. The number of aliphatic hydroxyl groups is 1. The third-order valence-electron chi connectivity index (χ3n) is 4.12. The van der Waals surface area contributed by atoms with Gasteiger partial charge in [-0.05, 0) is 29.8 Å². The molecule has 0 unspecified atom stereocenters. The Kier molecular flexibility index (Phi) is 4.57. The van der Waals surface area contributed by atoms with Crippen LogP contribution in [-0.4, -0.2) is 26.6 Å². The molecular formula is C20H18N4O2. The summed E-state index contributed by atoms with van der Waals surface area (Å²) in [6, 6.07) is 17.4. The molecule has 0 saturated carbocycles. The Morgan fingerprint density at radius 1 is 0.962 bits per heavy atom. The average Bonchev–Trinajstić information content (AvgIpc) is 3.23. The van der Waals surface area contributed by atoms with E-state index in [0.717, 1.165) is 16.9 Å². The van der Waals surface area contributed by atoms with Crippen LogP contribution in [0.3, 0.4) is 0 Å². The Morgan fingerprint density at radius 2 is 1.81 bits per heavy atom. The van der Waals surface area contributed by atoms with Gasteiger partial charge >= 0.3 is 0 Å². The molecule has 0 aliphatic carbocycles. The SMILES string of the molecule is O[C@@H](CN(Cc1ccccc1)c1ccc2nccnc2n1)c1ccco1. The van der Waals surface area contributed by atoms with E-state index in [-0.39, 0.29) is 0 Å². The third kappa shape index (κ3) is 3.55. The Labute approximate surface area is 150 Å². The van der Waals surface area contributed by atoms with Crippen molar-refractivity contribution in [3.63, 3.8) is 0 Å². The van der Waals surface area contributed by atoms with E-state index in [1.54, 1.807) is 30.8 Å². The topological polar surface area (TPSA) is 75.3 Å². The monoisotopic (exact) mass is 346 g/mol. The first-order valence-electron chi connectivity index (χ1n) is 8.38. The molecule has 1 aromatic carbocycles. The van der Waals surface area contributed by atoms with Crippen LogP contribution in [0.15, 0.2) is 77.7 Å². The number of nitrogens with zero attached hydrogens (tertiary/aromatic N) is 4. The number of pyridine rings is 1. The highest BCUT2D eigenvalue weighted by atomic mass is 16.4. The average molecular weight is 346 g/mol. The zero-order chi connectivity index (χ0) is 17.8. The Morgan fingerprint density at radius 3 is 2.62 bits per heavy atom. The summed E-state index contributed by atoms with van der Waals surface area (Å²) in [7, 11) is 0. The lowest BCUT2D eigenvalue weighted by Gasteiger charge is -2.26. The molecular weight excluding hydrogens is 328 g/mol. The van der Waals surface area contributed by atoms with Crippen LogP contribution in [0.4, 0.5) is 5.82 Å². The van der Waals surface area contributed by atoms with E-state index in [4.69, 9.17) is 4.42 Å². The van der Waals surface area contributed by atoms with Crippen molar-refractivity contribution >= 4 is 17.0 Å². The maximum Gasteiger partial charge on any atom is 0.180 e. The van der Waals surface area contributed by atoms with Gasteiger partial charge in [0.1, 0.15) is 23.2 Å². The lowest BCUT2D eigenvalue weighted by atomic mass is 10.2. The maximum atomic E-state index is 10.5. The van der Waals surface area contributed by atoms with Crippen molar-refractivity contribution < 1.29 is 9.52 Å². The second kappa shape index (κ2) is 7.33. The number of aromatic nitrogens is 3. The Hall–Kier alpha value is -3.25. The smallest absolute Gasteiger partial charge is 0.180 e. The predicted molar refractivity (Wildman–Crippen MR) is 98.5 cm³/mol. The summed E-state index contributed by atoms with van der Waals surface area (Å²) in [6.45, 7) is 0.957. The number of fused-ring (bicyclic) bond motifs is 1. The molecule has 26 heavy (non-hydrogen) atoms. The van der Waals surface area contributed by atoms with Gasteiger partial charge in [-0.25, -0.2) is 9.97 Å². The minimum atomic E-state index is -0.756. The van der Waals surface area contributed by atoms with Crippen molar-refractivity contribution in [2.75, 3.05) is 11.4 Å². The fraction of sp³-hybridized carbons (Fsp3) is 0.150. The van der Waals surface area contributed by atoms with Gasteiger partial charge in [0.2, 0.25) is 0 Å². The maximum absolute atomic E-state index is 10.5. The van der Waals surface area contributed by atoms with Gasteiger partial charge in [0, 0.05) is 18.9 Å². The van der Waals surface area contributed by atoms with Crippen molar-refractivity contribution in [3.8, 4) is 0 Å². The van der Waals surface area contributed by atoms with Crippen molar-refractivity contribution in [1.29, 1.82) is 0 Å². The first-order chi connectivity index (χ1) is 12.8. The molecule has 0 radical (unpaired) electrons. The molecule has 0 aliphatic rings.